The van der Waals surface area contributed by atoms with Crippen molar-refractivity contribution in [3.63, 3.8) is 0 Å². The molecule has 6 nitrogen and oxygen atoms in total. The van der Waals surface area contributed by atoms with Gasteiger partial charge in [0.1, 0.15) is 17.3 Å². The minimum Gasteiger partial charge on any atom is -0.495 e. The van der Waals surface area contributed by atoms with E-state index in [4.69, 9.17) is 21.1 Å². The third-order valence-corrected chi connectivity index (χ3v) is 5.25. The van der Waals surface area contributed by atoms with Crippen molar-refractivity contribution in [2.24, 2.45) is 0 Å². The minimum atomic E-state index is -3.83. The average Bonchev–Trinajstić information content (AvgIpc) is 2.58. The lowest BCUT2D eigenvalue weighted by molar-refractivity contribution is 0.0472. The highest BCUT2D eigenvalue weighted by atomic mass is 35.5. The Labute approximate surface area is 158 Å². The van der Waals surface area contributed by atoms with E-state index in [0.29, 0.717) is 5.02 Å². The van der Waals surface area contributed by atoms with Gasteiger partial charge in [-0.05, 0) is 49.7 Å². The number of benzene rings is 2. The summed E-state index contributed by atoms with van der Waals surface area (Å²) in [5.74, 6) is -0.502. The smallest absolute Gasteiger partial charge is 0.338 e. The zero-order valence-electron chi connectivity index (χ0n) is 14.7. The van der Waals surface area contributed by atoms with Gasteiger partial charge >= 0.3 is 5.97 Å². The van der Waals surface area contributed by atoms with Crippen LogP contribution in [0.1, 0.15) is 29.8 Å². The molecule has 0 saturated carbocycles. The zero-order valence-corrected chi connectivity index (χ0v) is 16.2. The predicted molar refractivity (Wildman–Crippen MR) is 99.0 cm³/mol. The maximum Gasteiger partial charge on any atom is 0.338 e. The number of hydrogen-bond acceptors (Lipinski definition) is 5. The molecule has 2 aromatic rings. The molecule has 0 radical (unpaired) electrons. The van der Waals surface area contributed by atoms with Crippen molar-refractivity contribution in [3.8, 4) is 5.75 Å². The Kier molecular flexibility index (Phi) is 6.63. The summed E-state index contributed by atoms with van der Waals surface area (Å²) in [6.45, 7) is 3.43. The Hall–Kier alpha value is -2.09. The van der Waals surface area contributed by atoms with E-state index in [9.17, 15) is 13.2 Å². The number of ether oxygens (including phenoxy) is 2. The molecule has 0 unspecified atom stereocenters. The molecule has 2 aromatic carbocycles. The molecule has 0 aromatic heterocycles. The Morgan fingerprint density at radius 1 is 1.19 bits per heavy atom. The van der Waals surface area contributed by atoms with Gasteiger partial charge in [0, 0.05) is 11.1 Å². The van der Waals surface area contributed by atoms with E-state index in [1.165, 1.54) is 25.3 Å². The number of carbonyl (C=O) groups excluding carboxylic acids is 1. The summed E-state index contributed by atoms with van der Waals surface area (Å²) in [5, 5.41) is 0.538. The van der Waals surface area contributed by atoms with E-state index in [1.54, 1.807) is 38.1 Å². The molecule has 8 heteroatoms. The van der Waals surface area contributed by atoms with E-state index in [-0.39, 0.29) is 28.9 Å². The van der Waals surface area contributed by atoms with Crippen molar-refractivity contribution in [2.45, 2.75) is 31.4 Å². The zero-order chi connectivity index (χ0) is 19.3. The van der Waals surface area contributed by atoms with Crippen molar-refractivity contribution < 1.29 is 22.7 Å². The van der Waals surface area contributed by atoms with Gasteiger partial charge < -0.3 is 9.47 Å². The first-order chi connectivity index (χ1) is 12.2. The van der Waals surface area contributed by atoms with Crippen LogP contribution < -0.4 is 9.46 Å². The predicted octanol–water partition coefficient (Wildman–Crippen LogP) is 3.39. The summed E-state index contributed by atoms with van der Waals surface area (Å²) in [5.41, 5.74) is 0.839. The van der Waals surface area contributed by atoms with Gasteiger partial charge in [0.2, 0.25) is 10.0 Å². The first-order valence-electron chi connectivity index (χ1n) is 7.85. The fourth-order valence-corrected chi connectivity index (χ4v) is 3.91. The van der Waals surface area contributed by atoms with Crippen LogP contribution in [0.3, 0.4) is 0 Å². The molecule has 0 fully saturated rings. The second-order valence-corrected chi connectivity index (χ2v) is 7.97. The third-order valence-electron chi connectivity index (χ3n) is 3.34. The fraction of sp³-hybridized carbons (Fsp3) is 0.278. The quantitative estimate of drug-likeness (QED) is 0.724. The Bertz CT molecular complexity index is 896. The van der Waals surface area contributed by atoms with Gasteiger partial charge in [-0.15, -0.1) is 0 Å². The number of esters is 1. The van der Waals surface area contributed by atoms with E-state index < -0.39 is 16.0 Å². The number of methoxy groups -OCH3 is 1. The molecule has 140 valence electrons. The van der Waals surface area contributed by atoms with Crippen molar-refractivity contribution in [1.29, 1.82) is 0 Å². The molecule has 2 rings (SSSR count). The summed E-state index contributed by atoms with van der Waals surface area (Å²) in [6, 6.07) is 10.7. The number of rotatable bonds is 7. The third kappa shape index (κ3) is 5.20. The topological polar surface area (TPSA) is 81.7 Å². The maximum absolute atomic E-state index is 12.5. The van der Waals surface area contributed by atoms with E-state index in [2.05, 4.69) is 4.72 Å². The average molecular weight is 398 g/mol. The highest BCUT2D eigenvalue weighted by molar-refractivity contribution is 7.89. The second kappa shape index (κ2) is 8.53. The number of carbonyl (C=O) groups is 1. The Morgan fingerprint density at radius 2 is 1.92 bits per heavy atom. The summed E-state index contributed by atoms with van der Waals surface area (Å²) >= 11 is 5.89. The summed E-state index contributed by atoms with van der Waals surface area (Å²) in [7, 11) is -2.47. The minimum absolute atomic E-state index is 0.0255. The fourth-order valence-electron chi connectivity index (χ4n) is 2.25. The highest BCUT2D eigenvalue weighted by Crippen LogP contribution is 2.25. The molecule has 0 aliphatic rings. The van der Waals surface area contributed by atoms with Crippen LogP contribution in [0, 0.1) is 0 Å². The lowest BCUT2D eigenvalue weighted by Gasteiger charge is -2.14. The highest BCUT2D eigenvalue weighted by Gasteiger charge is 2.23. The lowest BCUT2D eigenvalue weighted by Crippen LogP contribution is -2.30. The molecule has 26 heavy (non-hydrogen) atoms. The number of sulfonamides is 1. The molecule has 0 atom stereocenters. The molecule has 0 spiro atoms. The monoisotopic (exact) mass is 397 g/mol. The molecule has 1 N–H and O–H groups in total. The van der Waals surface area contributed by atoms with Crippen molar-refractivity contribution in [1.82, 2.24) is 4.72 Å². The van der Waals surface area contributed by atoms with Crippen LogP contribution in [0.4, 0.5) is 0 Å². The van der Waals surface area contributed by atoms with Crippen LogP contribution in [-0.2, 0) is 21.4 Å². The molecule has 0 saturated heterocycles. The summed E-state index contributed by atoms with van der Waals surface area (Å²) < 4.78 is 37.7. The van der Waals surface area contributed by atoms with E-state index >= 15 is 0 Å². The molecular formula is C18H20ClNO5S. The van der Waals surface area contributed by atoms with Gasteiger partial charge in [-0.25, -0.2) is 17.9 Å². The summed E-state index contributed by atoms with van der Waals surface area (Å²) in [4.78, 5) is 12.2. The lowest BCUT2D eigenvalue weighted by atomic mass is 10.2. The van der Waals surface area contributed by atoms with Gasteiger partial charge in [0.25, 0.3) is 0 Å². The van der Waals surface area contributed by atoms with Crippen LogP contribution in [0.5, 0.6) is 5.75 Å². The molecule has 0 heterocycles. The SMILES string of the molecule is COc1ccc(C(=O)OCc2cccc(Cl)c2)cc1S(=O)(=O)NC(C)C. The largest absolute Gasteiger partial charge is 0.495 e. The Morgan fingerprint density at radius 3 is 2.54 bits per heavy atom. The van der Waals surface area contributed by atoms with Gasteiger partial charge in [0.15, 0.2) is 0 Å². The van der Waals surface area contributed by atoms with Crippen LogP contribution in [-0.4, -0.2) is 27.5 Å². The van der Waals surface area contributed by atoms with Gasteiger partial charge in [0.05, 0.1) is 12.7 Å². The van der Waals surface area contributed by atoms with Gasteiger partial charge in [-0.3, -0.25) is 0 Å². The van der Waals surface area contributed by atoms with E-state index in [0.717, 1.165) is 5.56 Å². The molecule has 0 aliphatic carbocycles. The maximum atomic E-state index is 12.5. The van der Waals surface area contributed by atoms with Crippen LogP contribution in [0.15, 0.2) is 47.4 Å². The van der Waals surface area contributed by atoms with Crippen molar-refractivity contribution in [3.05, 3.63) is 58.6 Å². The Balaban J connectivity index is 2.24. The molecule has 0 aliphatic heterocycles. The summed E-state index contributed by atoms with van der Waals surface area (Å²) in [6.07, 6.45) is 0. The number of halogens is 1. The molecular weight excluding hydrogens is 378 g/mol. The first kappa shape index (κ1) is 20.2. The van der Waals surface area contributed by atoms with Crippen molar-refractivity contribution >= 4 is 27.6 Å². The normalized spacial score (nSPS) is 11.4. The first-order valence-corrected chi connectivity index (χ1v) is 9.71. The number of nitrogens with one attached hydrogen (secondary N) is 1. The number of hydrogen-bond donors (Lipinski definition) is 1. The van der Waals surface area contributed by atoms with Crippen LogP contribution >= 0.6 is 11.6 Å². The van der Waals surface area contributed by atoms with Crippen LogP contribution in [0.25, 0.3) is 0 Å². The van der Waals surface area contributed by atoms with Crippen molar-refractivity contribution in [2.75, 3.05) is 7.11 Å². The molecule has 0 bridgehead atoms. The molecule has 0 amide bonds. The second-order valence-electron chi connectivity index (χ2n) is 5.85. The van der Waals surface area contributed by atoms with E-state index in [1.807, 2.05) is 0 Å². The van der Waals surface area contributed by atoms with Crippen LogP contribution in [0.2, 0.25) is 5.02 Å². The standard InChI is InChI=1S/C18H20ClNO5S/c1-12(2)20-26(22,23)17-10-14(7-8-16(17)24-3)18(21)25-11-13-5-4-6-15(19)9-13/h4-10,12,20H,11H2,1-3H3. The van der Waals surface area contributed by atoms with Gasteiger partial charge in [-0.1, -0.05) is 23.7 Å². The van der Waals surface area contributed by atoms with Gasteiger partial charge in [-0.2, -0.15) is 0 Å².